The average Bonchev–Trinajstić information content (AvgIpc) is 3.73. The van der Waals surface area contributed by atoms with Crippen LogP contribution in [0.4, 0.5) is 17.1 Å². The van der Waals surface area contributed by atoms with Crippen molar-refractivity contribution in [2.24, 2.45) is 0 Å². The van der Waals surface area contributed by atoms with Crippen molar-refractivity contribution >= 4 is 72.5 Å². The Hall–Kier alpha value is -6.55. The van der Waals surface area contributed by atoms with Crippen LogP contribution in [-0.4, -0.2) is 0 Å². The van der Waals surface area contributed by atoms with E-state index in [1.165, 1.54) is 11.1 Å². The van der Waals surface area contributed by atoms with Crippen LogP contribution in [0.5, 0.6) is 0 Å². The van der Waals surface area contributed by atoms with Gasteiger partial charge in [0.15, 0.2) is 0 Å². The first kappa shape index (κ1) is 29.2. The highest BCUT2D eigenvalue weighted by Gasteiger charge is 2.28. The normalized spacial score (nSPS) is 12.3. The van der Waals surface area contributed by atoms with Gasteiger partial charge in [0.05, 0.1) is 22.1 Å². The van der Waals surface area contributed by atoms with Gasteiger partial charge in [-0.3, -0.25) is 0 Å². The van der Waals surface area contributed by atoms with E-state index in [9.17, 15) is 0 Å². The minimum Gasteiger partial charge on any atom is -0.456 e. The molecule has 10 aromatic rings. The summed E-state index contributed by atoms with van der Waals surface area (Å²) in [5, 5.41) is 5.16. The quantitative estimate of drug-likeness (QED) is 0.185. The van der Waals surface area contributed by atoms with E-state index in [1.54, 1.807) is 0 Å². The Kier molecular flexibility index (Phi) is 6.31. The van der Waals surface area contributed by atoms with Crippen molar-refractivity contribution in [1.82, 2.24) is 0 Å². The standard InChI is InChI=1S/C48H28ClNO2/c49-41-13-5-6-14-44(41)50-42-21-17-29(31-19-23-47-39(27-31)35-11-3-7-15-45(35)51-47)25-37(42)33-9-1-2-10-34(33)38-26-30(18-22-43(38)50)32-20-24-48-40(28-32)36-12-4-8-16-46(36)52-48/h1-28H. The fourth-order valence-corrected chi connectivity index (χ4v) is 8.26. The lowest BCUT2D eigenvalue weighted by Crippen LogP contribution is -2.11. The minimum absolute atomic E-state index is 0.688. The predicted molar refractivity (Wildman–Crippen MR) is 216 cm³/mol. The predicted octanol–water partition coefficient (Wildman–Crippen LogP) is 14.6. The Morgan fingerprint density at radius 1 is 0.327 bits per heavy atom. The molecule has 0 saturated heterocycles. The molecule has 1 aliphatic heterocycles. The van der Waals surface area contributed by atoms with E-state index in [1.807, 2.05) is 36.4 Å². The Balaban J connectivity index is 1.13. The molecule has 4 heteroatoms. The van der Waals surface area contributed by atoms with Crippen molar-refractivity contribution in [1.29, 1.82) is 0 Å². The number of nitrogens with zero attached hydrogens (tertiary/aromatic N) is 1. The summed E-state index contributed by atoms with van der Waals surface area (Å²) in [4.78, 5) is 2.32. The molecule has 52 heavy (non-hydrogen) atoms. The molecule has 244 valence electrons. The molecule has 0 radical (unpaired) electrons. The summed E-state index contributed by atoms with van der Waals surface area (Å²) in [6, 6.07) is 59.8. The van der Waals surface area contributed by atoms with Gasteiger partial charge in [0.25, 0.3) is 0 Å². The second-order valence-corrected chi connectivity index (χ2v) is 13.8. The number of furan rings is 2. The van der Waals surface area contributed by atoms with Gasteiger partial charge in [0, 0.05) is 32.7 Å². The Labute approximate surface area is 304 Å². The molecule has 0 N–H and O–H groups in total. The Morgan fingerprint density at radius 3 is 1.29 bits per heavy atom. The van der Waals surface area contributed by atoms with Gasteiger partial charge in [-0.05, 0) is 106 Å². The summed E-state index contributed by atoms with van der Waals surface area (Å²) < 4.78 is 12.3. The zero-order chi connectivity index (χ0) is 34.3. The van der Waals surface area contributed by atoms with Gasteiger partial charge in [-0.2, -0.15) is 0 Å². The number of hydrogen-bond donors (Lipinski definition) is 0. The summed E-state index contributed by atoms with van der Waals surface area (Å²) in [5.41, 5.74) is 15.8. The molecule has 2 aromatic heterocycles. The highest BCUT2D eigenvalue weighted by atomic mass is 35.5. The molecule has 0 unspecified atom stereocenters. The summed E-state index contributed by atoms with van der Waals surface area (Å²) in [6.07, 6.45) is 0. The molecule has 0 fully saturated rings. The first-order valence-corrected chi connectivity index (χ1v) is 17.8. The molecular weight excluding hydrogens is 658 g/mol. The molecular formula is C48H28ClNO2. The van der Waals surface area contributed by atoms with Gasteiger partial charge in [-0.1, -0.05) is 109 Å². The molecule has 0 saturated carbocycles. The third-order valence-corrected chi connectivity index (χ3v) is 10.8. The van der Waals surface area contributed by atoms with Crippen LogP contribution < -0.4 is 4.90 Å². The van der Waals surface area contributed by atoms with Crippen molar-refractivity contribution < 1.29 is 8.83 Å². The third-order valence-electron chi connectivity index (χ3n) is 10.5. The molecule has 0 bridgehead atoms. The van der Waals surface area contributed by atoms with E-state index < -0.39 is 0 Å². The van der Waals surface area contributed by atoms with Crippen molar-refractivity contribution in [2.75, 3.05) is 4.90 Å². The number of anilines is 3. The molecule has 0 spiro atoms. The number of fused-ring (bicyclic) bond motifs is 11. The summed E-state index contributed by atoms with van der Waals surface area (Å²) in [6.45, 7) is 0. The average molecular weight is 686 g/mol. The molecule has 11 rings (SSSR count). The van der Waals surface area contributed by atoms with E-state index in [0.717, 1.165) is 94.3 Å². The lowest BCUT2D eigenvalue weighted by Gasteiger charge is -2.28. The zero-order valence-electron chi connectivity index (χ0n) is 27.8. The van der Waals surface area contributed by atoms with E-state index >= 15 is 0 Å². The lowest BCUT2D eigenvalue weighted by atomic mass is 9.91. The van der Waals surface area contributed by atoms with Gasteiger partial charge >= 0.3 is 0 Å². The minimum atomic E-state index is 0.688. The van der Waals surface area contributed by atoms with Crippen molar-refractivity contribution in [3.05, 3.63) is 175 Å². The molecule has 3 nitrogen and oxygen atoms in total. The van der Waals surface area contributed by atoms with Crippen molar-refractivity contribution in [3.8, 4) is 44.5 Å². The molecule has 3 heterocycles. The number of para-hydroxylation sites is 3. The fourth-order valence-electron chi connectivity index (χ4n) is 8.04. The van der Waals surface area contributed by atoms with Gasteiger partial charge in [-0.25, -0.2) is 0 Å². The van der Waals surface area contributed by atoms with Crippen molar-refractivity contribution in [2.45, 2.75) is 0 Å². The van der Waals surface area contributed by atoms with Crippen LogP contribution in [0.15, 0.2) is 179 Å². The summed E-state index contributed by atoms with van der Waals surface area (Å²) >= 11 is 7.03. The molecule has 0 aliphatic carbocycles. The first-order chi connectivity index (χ1) is 25.7. The number of halogens is 1. The maximum atomic E-state index is 7.03. The molecule has 0 atom stereocenters. The van der Waals surface area contributed by atoms with E-state index in [-0.39, 0.29) is 0 Å². The summed E-state index contributed by atoms with van der Waals surface area (Å²) in [5.74, 6) is 0. The second kappa shape index (κ2) is 11.2. The lowest BCUT2D eigenvalue weighted by molar-refractivity contribution is 0.668. The van der Waals surface area contributed by atoms with E-state index in [2.05, 4.69) is 138 Å². The van der Waals surface area contributed by atoms with E-state index in [0.29, 0.717) is 5.02 Å². The van der Waals surface area contributed by atoms with Crippen LogP contribution in [0.25, 0.3) is 88.4 Å². The maximum Gasteiger partial charge on any atom is 0.135 e. The maximum absolute atomic E-state index is 7.03. The summed E-state index contributed by atoms with van der Waals surface area (Å²) in [7, 11) is 0. The molecule has 1 aliphatic rings. The SMILES string of the molecule is Clc1ccccc1N1c2ccc(-c3ccc4oc5ccccc5c4c3)cc2-c2ccccc2-c2cc(-c3ccc4oc5ccccc5c4c3)ccc21. The van der Waals surface area contributed by atoms with Crippen LogP contribution in [0.2, 0.25) is 5.02 Å². The molecule has 0 amide bonds. The van der Waals surface area contributed by atoms with Gasteiger partial charge in [0.2, 0.25) is 0 Å². The smallest absolute Gasteiger partial charge is 0.135 e. The van der Waals surface area contributed by atoms with Crippen LogP contribution >= 0.6 is 11.6 Å². The highest BCUT2D eigenvalue weighted by molar-refractivity contribution is 6.33. The Bertz CT molecular complexity index is 2870. The highest BCUT2D eigenvalue weighted by Crippen LogP contribution is 2.53. The second-order valence-electron chi connectivity index (χ2n) is 13.4. The van der Waals surface area contributed by atoms with Crippen LogP contribution in [0.3, 0.4) is 0 Å². The molecule has 8 aromatic carbocycles. The number of hydrogen-bond acceptors (Lipinski definition) is 3. The number of rotatable bonds is 3. The first-order valence-electron chi connectivity index (χ1n) is 17.4. The van der Waals surface area contributed by atoms with Crippen LogP contribution in [-0.2, 0) is 0 Å². The van der Waals surface area contributed by atoms with Crippen LogP contribution in [0.1, 0.15) is 0 Å². The van der Waals surface area contributed by atoms with Crippen molar-refractivity contribution in [3.63, 3.8) is 0 Å². The third kappa shape index (κ3) is 4.40. The largest absolute Gasteiger partial charge is 0.456 e. The van der Waals surface area contributed by atoms with E-state index in [4.69, 9.17) is 20.4 Å². The Morgan fingerprint density at radius 2 is 0.750 bits per heavy atom. The van der Waals surface area contributed by atoms with Gasteiger partial charge < -0.3 is 13.7 Å². The van der Waals surface area contributed by atoms with Gasteiger partial charge in [-0.15, -0.1) is 0 Å². The fraction of sp³-hybridized carbons (Fsp3) is 0. The topological polar surface area (TPSA) is 29.5 Å². The van der Waals surface area contributed by atoms with Gasteiger partial charge in [0.1, 0.15) is 22.3 Å². The monoisotopic (exact) mass is 685 g/mol. The van der Waals surface area contributed by atoms with Crippen LogP contribution in [0, 0.1) is 0 Å². The zero-order valence-corrected chi connectivity index (χ0v) is 28.6. The number of benzene rings is 8.